The fraction of sp³-hybridized carbons (Fsp3) is 0.474. The van der Waals surface area contributed by atoms with Crippen LogP contribution in [0, 0.1) is 12.1 Å². The number of aryl methyl sites for hydroxylation is 1. The van der Waals surface area contributed by atoms with Crippen molar-refractivity contribution >= 4 is 58.0 Å². The molecule has 31 heavy (non-hydrogen) atoms. The Morgan fingerprint density at radius 3 is 2.74 bits per heavy atom. The van der Waals surface area contributed by atoms with Gasteiger partial charge in [-0.25, -0.2) is 4.98 Å². The van der Waals surface area contributed by atoms with E-state index in [0.717, 1.165) is 40.1 Å². The summed E-state index contributed by atoms with van der Waals surface area (Å²) in [6.45, 7) is 3.90. The van der Waals surface area contributed by atoms with Crippen molar-refractivity contribution in [3.63, 3.8) is 0 Å². The summed E-state index contributed by atoms with van der Waals surface area (Å²) in [5, 5.41) is 11.3. The standard InChI is InChI=1S/C19H23FN4O4S2.ClH/c1-10(23(3)9-16(25)26)18(28)24-6-4-5-13(24)14-7-12(11(2)29-14)17(27)22-19-21-8-15(20)30-19;/h7-8,10,13H,4-6,9H2,1-3H3,(H,25,26)(H,21,22,27);1H/t10-,13-;/m0./s1. The van der Waals surface area contributed by atoms with Crippen molar-refractivity contribution < 1.29 is 23.9 Å². The molecule has 0 aliphatic carbocycles. The van der Waals surface area contributed by atoms with Crippen LogP contribution < -0.4 is 5.32 Å². The molecule has 0 radical (unpaired) electrons. The van der Waals surface area contributed by atoms with E-state index in [1.807, 2.05) is 6.92 Å². The van der Waals surface area contributed by atoms with Crippen LogP contribution in [0.2, 0.25) is 0 Å². The highest BCUT2D eigenvalue weighted by Gasteiger charge is 2.35. The maximum atomic E-state index is 13.1. The number of aliphatic carboxylic acids is 1. The number of likely N-dealkylation sites (tertiary alicyclic amines) is 1. The van der Waals surface area contributed by atoms with Crippen LogP contribution in [0.5, 0.6) is 0 Å². The third-order valence-electron chi connectivity index (χ3n) is 5.15. The van der Waals surface area contributed by atoms with Crippen molar-refractivity contribution in [1.29, 1.82) is 0 Å². The molecule has 2 N–H and O–H groups in total. The van der Waals surface area contributed by atoms with Gasteiger partial charge in [-0.3, -0.25) is 24.6 Å². The number of carbonyl (C=O) groups excluding carboxylic acids is 2. The maximum absolute atomic E-state index is 13.1. The van der Waals surface area contributed by atoms with Crippen LogP contribution in [0.3, 0.4) is 0 Å². The highest BCUT2D eigenvalue weighted by atomic mass is 35.5. The van der Waals surface area contributed by atoms with Crippen LogP contribution in [-0.2, 0) is 9.59 Å². The first-order valence-electron chi connectivity index (χ1n) is 9.43. The molecule has 3 heterocycles. The van der Waals surface area contributed by atoms with E-state index in [-0.39, 0.29) is 41.9 Å². The minimum Gasteiger partial charge on any atom is -0.480 e. The molecule has 3 rings (SSSR count). The average Bonchev–Trinajstić information content (AvgIpc) is 3.39. The summed E-state index contributed by atoms with van der Waals surface area (Å²) >= 11 is 2.21. The third kappa shape index (κ3) is 5.79. The second-order valence-electron chi connectivity index (χ2n) is 7.22. The minimum absolute atomic E-state index is 0. The predicted octanol–water partition coefficient (Wildman–Crippen LogP) is 3.39. The zero-order valence-electron chi connectivity index (χ0n) is 17.3. The fourth-order valence-corrected chi connectivity index (χ4v) is 5.19. The van der Waals surface area contributed by atoms with E-state index in [2.05, 4.69) is 10.3 Å². The Kier molecular flexibility index (Phi) is 8.52. The van der Waals surface area contributed by atoms with Crippen molar-refractivity contribution in [3.8, 4) is 0 Å². The van der Waals surface area contributed by atoms with Crippen molar-refractivity contribution in [2.24, 2.45) is 0 Å². The molecular weight excluding hydrogens is 467 g/mol. The van der Waals surface area contributed by atoms with E-state index in [0.29, 0.717) is 12.1 Å². The Balaban J connectivity index is 0.00000341. The smallest absolute Gasteiger partial charge is 0.317 e. The second kappa shape index (κ2) is 10.5. The first-order chi connectivity index (χ1) is 14.2. The first-order valence-corrected chi connectivity index (χ1v) is 11.1. The largest absolute Gasteiger partial charge is 0.480 e. The molecule has 0 spiro atoms. The molecule has 1 aliphatic rings. The molecule has 2 aromatic heterocycles. The van der Waals surface area contributed by atoms with Gasteiger partial charge in [-0.1, -0.05) is 11.3 Å². The Morgan fingerprint density at radius 1 is 1.42 bits per heavy atom. The van der Waals surface area contributed by atoms with Gasteiger partial charge in [0.05, 0.1) is 30.4 Å². The summed E-state index contributed by atoms with van der Waals surface area (Å²) in [6, 6.07) is 1.06. The number of carboxylic acid groups (broad SMARTS) is 1. The fourth-order valence-electron chi connectivity index (χ4n) is 3.48. The monoisotopic (exact) mass is 490 g/mol. The first kappa shape index (κ1) is 25.2. The normalized spacial score (nSPS) is 16.8. The summed E-state index contributed by atoms with van der Waals surface area (Å²) in [6.07, 6.45) is 2.67. The van der Waals surface area contributed by atoms with Gasteiger partial charge in [-0.15, -0.1) is 23.7 Å². The Morgan fingerprint density at radius 2 is 2.13 bits per heavy atom. The van der Waals surface area contributed by atoms with Gasteiger partial charge in [-0.05, 0) is 39.8 Å². The number of carbonyl (C=O) groups is 3. The molecule has 0 saturated carbocycles. The van der Waals surface area contributed by atoms with Crippen molar-refractivity contribution in [2.75, 3.05) is 25.5 Å². The zero-order valence-corrected chi connectivity index (χ0v) is 19.7. The lowest BCUT2D eigenvalue weighted by Crippen LogP contribution is -2.46. The molecule has 1 aliphatic heterocycles. The molecule has 0 bridgehead atoms. The van der Waals surface area contributed by atoms with Gasteiger partial charge < -0.3 is 10.0 Å². The van der Waals surface area contributed by atoms with Crippen LogP contribution >= 0.6 is 35.1 Å². The van der Waals surface area contributed by atoms with Gasteiger partial charge in [0.1, 0.15) is 0 Å². The number of anilines is 1. The van der Waals surface area contributed by atoms with Gasteiger partial charge in [0, 0.05) is 16.3 Å². The van der Waals surface area contributed by atoms with Gasteiger partial charge in [-0.2, -0.15) is 4.39 Å². The number of aromatic nitrogens is 1. The van der Waals surface area contributed by atoms with Crippen LogP contribution in [0.1, 0.15) is 45.9 Å². The highest BCUT2D eigenvalue weighted by molar-refractivity contribution is 7.14. The highest BCUT2D eigenvalue weighted by Crippen LogP contribution is 2.38. The number of rotatable bonds is 7. The number of halogens is 2. The average molecular weight is 491 g/mol. The topological polar surface area (TPSA) is 103 Å². The van der Waals surface area contributed by atoms with E-state index in [1.165, 1.54) is 16.2 Å². The molecule has 1 fully saturated rings. The van der Waals surface area contributed by atoms with E-state index < -0.39 is 17.1 Å². The summed E-state index contributed by atoms with van der Waals surface area (Å²) in [5.41, 5.74) is 0.473. The number of hydrogen-bond donors (Lipinski definition) is 2. The van der Waals surface area contributed by atoms with Crippen LogP contribution in [-0.4, -0.2) is 63.9 Å². The van der Waals surface area contributed by atoms with Gasteiger partial charge >= 0.3 is 5.97 Å². The second-order valence-corrected chi connectivity index (χ2v) is 9.49. The van der Waals surface area contributed by atoms with Crippen LogP contribution in [0.25, 0.3) is 0 Å². The van der Waals surface area contributed by atoms with Crippen LogP contribution in [0.15, 0.2) is 12.3 Å². The zero-order chi connectivity index (χ0) is 22.0. The number of nitrogens with one attached hydrogen (secondary N) is 1. The lowest BCUT2D eigenvalue weighted by molar-refractivity contribution is -0.141. The van der Waals surface area contributed by atoms with E-state index >= 15 is 0 Å². The minimum atomic E-state index is -0.986. The number of likely N-dealkylation sites (N-methyl/N-ethyl adjacent to an activating group) is 1. The summed E-state index contributed by atoms with van der Waals surface area (Å²) < 4.78 is 13.1. The number of nitrogens with zero attached hydrogens (tertiary/aromatic N) is 3. The van der Waals surface area contributed by atoms with Crippen molar-refractivity contribution in [1.82, 2.24) is 14.8 Å². The summed E-state index contributed by atoms with van der Waals surface area (Å²) in [4.78, 5) is 45.3. The van der Waals surface area contributed by atoms with E-state index in [4.69, 9.17) is 5.11 Å². The van der Waals surface area contributed by atoms with Crippen LogP contribution in [0.4, 0.5) is 9.52 Å². The quantitative estimate of drug-likeness (QED) is 0.616. The Labute approximate surface area is 193 Å². The molecular formula is C19H24ClFN4O4S2. The molecule has 12 heteroatoms. The van der Waals surface area contributed by atoms with Gasteiger partial charge in [0.2, 0.25) is 5.91 Å². The number of amides is 2. The lowest BCUT2D eigenvalue weighted by Gasteiger charge is -2.30. The molecule has 170 valence electrons. The Bertz CT molecular complexity index is 967. The molecule has 8 nitrogen and oxygen atoms in total. The Hall–Kier alpha value is -2.08. The molecule has 2 aromatic rings. The number of carboxylic acids is 1. The van der Waals surface area contributed by atoms with Gasteiger partial charge in [0.25, 0.3) is 5.91 Å². The predicted molar refractivity (Wildman–Crippen MR) is 120 cm³/mol. The number of thiophene rings is 1. The van der Waals surface area contributed by atoms with E-state index in [9.17, 15) is 18.8 Å². The molecule has 0 aromatic carbocycles. The number of thiazole rings is 1. The third-order valence-corrected chi connectivity index (χ3v) is 7.00. The summed E-state index contributed by atoms with van der Waals surface area (Å²) in [7, 11) is 1.61. The lowest BCUT2D eigenvalue weighted by atomic mass is 10.1. The summed E-state index contributed by atoms with van der Waals surface area (Å²) in [5.74, 6) is -1.48. The van der Waals surface area contributed by atoms with Crippen molar-refractivity contribution in [3.05, 3.63) is 32.7 Å². The van der Waals surface area contributed by atoms with E-state index in [1.54, 1.807) is 24.9 Å². The van der Waals surface area contributed by atoms with Crippen molar-refractivity contribution in [2.45, 2.75) is 38.8 Å². The van der Waals surface area contributed by atoms with Gasteiger partial charge in [0.15, 0.2) is 10.3 Å². The molecule has 2 atom stereocenters. The molecule has 1 saturated heterocycles. The molecule has 0 unspecified atom stereocenters. The maximum Gasteiger partial charge on any atom is 0.317 e. The number of hydrogen-bond acceptors (Lipinski definition) is 7. The molecule has 2 amide bonds. The SMILES string of the molecule is Cc1sc([C@@H]2CCCN2C(=O)[C@H](C)N(C)CC(=O)O)cc1C(=O)Nc1ncc(F)s1.Cl.